The molecule has 0 bridgehead atoms. The minimum absolute atomic E-state index is 0.132. The van der Waals surface area contributed by atoms with Crippen molar-refractivity contribution in [1.82, 2.24) is 4.90 Å². The molecular weight excluding hydrogens is 341 g/mol. The normalized spacial score (nSPS) is 10.8. The van der Waals surface area contributed by atoms with Crippen molar-refractivity contribution in [1.29, 1.82) is 0 Å². The summed E-state index contributed by atoms with van der Waals surface area (Å²) < 4.78 is 9.57. The fourth-order valence-corrected chi connectivity index (χ4v) is 2.06. The molecule has 7 heteroatoms. The Kier molecular flexibility index (Phi) is 8.69. The summed E-state index contributed by atoms with van der Waals surface area (Å²) in [5, 5.41) is 0.873. The molecule has 0 aromatic heterocycles. The van der Waals surface area contributed by atoms with E-state index in [9.17, 15) is 9.59 Å². The molecule has 0 aliphatic heterocycles. The summed E-state index contributed by atoms with van der Waals surface area (Å²) in [5.41, 5.74) is 0.757. The summed E-state index contributed by atoms with van der Waals surface area (Å²) >= 11 is 11.8. The molecule has 0 saturated heterocycles. The molecule has 1 aromatic rings. The van der Waals surface area contributed by atoms with Gasteiger partial charge in [0.05, 0.1) is 30.2 Å². The fraction of sp³-hybridized carbons (Fsp3) is 0.375. The summed E-state index contributed by atoms with van der Waals surface area (Å²) in [6.07, 6.45) is 3.20. The van der Waals surface area contributed by atoms with Crippen LogP contribution in [-0.2, 0) is 19.1 Å². The average molecular weight is 360 g/mol. The second-order valence-electron chi connectivity index (χ2n) is 4.65. The van der Waals surface area contributed by atoms with Gasteiger partial charge in [-0.2, -0.15) is 0 Å². The average Bonchev–Trinajstić information content (AvgIpc) is 2.55. The molecular formula is C16H19Cl2NO4. The summed E-state index contributed by atoms with van der Waals surface area (Å²) in [6, 6.07) is 5.08. The van der Waals surface area contributed by atoms with Crippen LogP contribution in [0, 0.1) is 0 Å². The summed E-state index contributed by atoms with van der Waals surface area (Å²) in [6.45, 7) is 1.03. The number of hydrogen-bond donors (Lipinski definition) is 0. The number of esters is 1. The van der Waals surface area contributed by atoms with Gasteiger partial charge in [-0.15, -0.1) is 0 Å². The van der Waals surface area contributed by atoms with Crippen molar-refractivity contribution < 1.29 is 19.1 Å². The maximum Gasteiger partial charge on any atom is 0.307 e. The summed E-state index contributed by atoms with van der Waals surface area (Å²) in [7, 11) is 2.86. The lowest BCUT2D eigenvalue weighted by atomic mass is 10.2. The van der Waals surface area contributed by atoms with E-state index >= 15 is 0 Å². The van der Waals surface area contributed by atoms with E-state index in [0.29, 0.717) is 23.2 Å². The molecule has 0 unspecified atom stereocenters. The van der Waals surface area contributed by atoms with Crippen molar-refractivity contribution in [2.75, 3.05) is 33.9 Å². The molecule has 0 aliphatic carbocycles. The predicted molar refractivity (Wildman–Crippen MR) is 90.6 cm³/mol. The molecule has 1 rings (SSSR count). The Bertz CT molecular complexity index is 575. The molecule has 0 spiro atoms. The van der Waals surface area contributed by atoms with Crippen molar-refractivity contribution in [3.05, 3.63) is 39.9 Å². The lowest BCUT2D eigenvalue weighted by molar-refractivity contribution is -0.141. The van der Waals surface area contributed by atoms with Crippen molar-refractivity contribution >= 4 is 41.2 Å². The van der Waals surface area contributed by atoms with Crippen LogP contribution in [0.2, 0.25) is 10.0 Å². The Morgan fingerprint density at radius 2 is 1.91 bits per heavy atom. The highest BCUT2D eigenvalue weighted by molar-refractivity contribution is 6.42. The fourth-order valence-electron chi connectivity index (χ4n) is 1.75. The van der Waals surface area contributed by atoms with Crippen molar-refractivity contribution in [2.45, 2.75) is 6.42 Å². The highest BCUT2D eigenvalue weighted by Gasteiger charge is 2.12. The Morgan fingerprint density at radius 1 is 1.17 bits per heavy atom. The smallest absolute Gasteiger partial charge is 0.307 e. The number of carbonyl (C=O) groups excluding carboxylic acids is 2. The first kappa shape index (κ1) is 19.5. The highest BCUT2D eigenvalue weighted by atomic mass is 35.5. The predicted octanol–water partition coefficient (Wildman–Crippen LogP) is 3.04. The Balaban J connectivity index is 2.72. The maximum atomic E-state index is 12.2. The van der Waals surface area contributed by atoms with Crippen LogP contribution in [0.25, 0.3) is 6.08 Å². The third-order valence-electron chi connectivity index (χ3n) is 3.05. The van der Waals surface area contributed by atoms with Crippen LogP contribution in [0.5, 0.6) is 0 Å². The van der Waals surface area contributed by atoms with Crippen LogP contribution < -0.4 is 0 Å². The van der Waals surface area contributed by atoms with Gasteiger partial charge in [0.1, 0.15) is 0 Å². The quantitative estimate of drug-likeness (QED) is 0.528. The lowest BCUT2D eigenvalue weighted by Gasteiger charge is -2.20. The molecule has 0 N–H and O–H groups in total. The van der Waals surface area contributed by atoms with E-state index in [1.807, 2.05) is 0 Å². The molecule has 0 saturated carbocycles. The molecule has 0 aliphatic rings. The zero-order valence-corrected chi connectivity index (χ0v) is 14.6. The zero-order valence-electron chi connectivity index (χ0n) is 13.1. The number of halogens is 2. The summed E-state index contributed by atoms with van der Waals surface area (Å²) in [4.78, 5) is 25.0. The lowest BCUT2D eigenvalue weighted by Crippen LogP contribution is -2.34. The van der Waals surface area contributed by atoms with Crippen LogP contribution in [-0.4, -0.2) is 50.7 Å². The van der Waals surface area contributed by atoms with E-state index in [-0.39, 0.29) is 24.8 Å². The van der Waals surface area contributed by atoms with Gasteiger partial charge in [-0.1, -0.05) is 29.3 Å². The highest BCUT2D eigenvalue weighted by Crippen LogP contribution is 2.23. The molecule has 0 heterocycles. The number of methoxy groups -OCH3 is 2. The van der Waals surface area contributed by atoms with E-state index in [4.69, 9.17) is 27.9 Å². The van der Waals surface area contributed by atoms with Gasteiger partial charge in [0.15, 0.2) is 0 Å². The first-order valence-electron chi connectivity index (χ1n) is 6.95. The van der Waals surface area contributed by atoms with Gasteiger partial charge in [0, 0.05) is 26.3 Å². The molecule has 5 nitrogen and oxygen atoms in total. The third kappa shape index (κ3) is 7.03. The molecule has 23 heavy (non-hydrogen) atoms. The zero-order chi connectivity index (χ0) is 17.2. The SMILES string of the molecule is COCCN(CCC(=O)OC)C(=O)/C=C/c1ccc(Cl)c(Cl)c1. The topological polar surface area (TPSA) is 55.8 Å². The molecule has 1 amide bonds. The van der Waals surface area contributed by atoms with Gasteiger partial charge in [-0.05, 0) is 23.8 Å². The van der Waals surface area contributed by atoms with Gasteiger partial charge in [0.25, 0.3) is 0 Å². The van der Waals surface area contributed by atoms with Crippen molar-refractivity contribution in [3.8, 4) is 0 Å². The second-order valence-corrected chi connectivity index (χ2v) is 5.47. The van der Waals surface area contributed by atoms with Crippen molar-refractivity contribution in [3.63, 3.8) is 0 Å². The minimum Gasteiger partial charge on any atom is -0.469 e. The van der Waals surface area contributed by atoms with E-state index in [2.05, 4.69) is 4.74 Å². The summed E-state index contributed by atoms with van der Waals surface area (Å²) in [5.74, 6) is -0.592. The van der Waals surface area contributed by atoms with Crippen LogP contribution in [0.3, 0.4) is 0 Å². The van der Waals surface area contributed by atoms with Gasteiger partial charge in [0.2, 0.25) is 5.91 Å². The van der Waals surface area contributed by atoms with E-state index in [0.717, 1.165) is 5.56 Å². The standard InChI is InChI=1S/C16H19Cl2NO4/c1-22-10-9-19(8-7-16(21)23-2)15(20)6-4-12-3-5-13(17)14(18)11-12/h3-6,11H,7-10H2,1-2H3/b6-4+. The van der Waals surface area contributed by atoms with E-state index < -0.39 is 0 Å². The number of nitrogens with zero attached hydrogens (tertiary/aromatic N) is 1. The van der Waals surface area contributed by atoms with Gasteiger partial charge in [-0.25, -0.2) is 0 Å². The number of benzene rings is 1. The van der Waals surface area contributed by atoms with Crippen LogP contribution in [0.4, 0.5) is 0 Å². The first-order chi connectivity index (χ1) is 11.0. The van der Waals surface area contributed by atoms with Gasteiger partial charge in [-0.3, -0.25) is 9.59 Å². The second kappa shape index (κ2) is 10.3. The monoisotopic (exact) mass is 359 g/mol. The molecule has 126 valence electrons. The van der Waals surface area contributed by atoms with Crippen LogP contribution in [0.15, 0.2) is 24.3 Å². The Morgan fingerprint density at radius 3 is 2.52 bits per heavy atom. The van der Waals surface area contributed by atoms with E-state index in [1.165, 1.54) is 18.1 Å². The van der Waals surface area contributed by atoms with Gasteiger partial charge < -0.3 is 14.4 Å². The number of ether oxygens (including phenoxy) is 2. The van der Waals surface area contributed by atoms with Gasteiger partial charge >= 0.3 is 5.97 Å². The number of hydrogen-bond acceptors (Lipinski definition) is 4. The Labute approximate surface area is 145 Å². The molecule has 0 radical (unpaired) electrons. The largest absolute Gasteiger partial charge is 0.469 e. The molecule has 0 atom stereocenters. The van der Waals surface area contributed by atoms with E-state index in [1.54, 1.807) is 31.4 Å². The third-order valence-corrected chi connectivity index (χ3v) is 3.79. The maximum absolute atomic E-state index is 12.2. The van der Waals surface area contributed by atoms with Crippen molar-refractivity contribution in [2.24, 2.45) is 0 Å². The Hall–Kier alpha value is -1.56. The molecule has 1 aromatic carbocycles. The first-order valence-corrected chi connectivity index (χ1v) is 7.71. The molecule has 0 fully saturated rings. The number of amides is 1. The minimum atomic E-state index is -0.367. The number of rotatable bonds is 8. The number of carbonyl (C=O) groups is 2. The van der Waals surface area contributed by atoms with Crippen LogP contribution >= 0.6 is 23.2 Å². The van der Waals surface area contributed by atoms with Crippen LogP contribution in [0.1, 0.15) is 12.0 Å².